The van der Waals surface area contributed by atoms with Crippen LogP contribution in [0.4, 0.5) is 11.4 Å². The number of fused-ring (bicyclic) bond motifs is 1. The molecular weight excluding hydrogens is 312 g/mol. The molecule has 3 nitrogen and oxygen atoms in total. The van der Waals surface area contributed by atoms with E-state index in [1.54, 1.807) is 0 Å². The lowest BCUT2D eigenvalue weighted by atomic mass is 10.1. The third kappa shape index (κ3) is 2.15. The Morgan fingerprint density at radius 1 is 1.39 bits per heavy atom. The Morgan fingerprint density at radius 2 is 2.28 bits per heavy atom. The van der Waals surface area contributed by atoms with Gasteiger partial charge in [0.15, 0.2) is 0 Å². The largest absolute Gasteiger partial charge is 0.384 e. The molecule has 0 aliphatic carbocycles. The number of rotatable bonds is 2. The minimum atomic E-state index is -0.0669. The zero-order chi connectivity index (χ0) is 12.5. The van der Waals surface area contributed by atoms with E-state index in [1.807, 2.05) is 29.6 Å². The molecule has 2 N–H and O–H groups in total. The van der Waals surface area contributed by atoms with Crippen LogP contribution in [0.2, 0.25) is 0 Å². The lowest BCUT2D eigenvalue weighted by molar-refractivity contribution is 0.103. The number of carbonyl (C=O) groups excluding carboxylic acids is 1. The van der Waals surface area contributed by atoms with Gasteiger partial charge in [0.25, 0.3) is 5.91 Å². The second-order valence-corrected chi connectivity index (χ2v) is 5.87. The maximum absolute atomic E-state index is 12.0. The molecule has 3 rings (SSSR count). The molecule has 0 saturated carbocycles. The van der Waals surface area contributed by atoms with Crippen LogP contribution in [0.1, 0.15) is 15.2 Å². The summed E-state index contributed by atoms with van der Waals surface area (Å²) in [4.78, 5) is 12.8. The fraction of sp³-hybridized carbons (Fsp3) is 0.154. The number of hydrogen-bond donors (Lipinski definition) is 2. The number of halogens is 1. The average Bonchev–Trinajstić information content (AvgIpc) is 2.96. The number of carbonyl (C=O) groups is 1. The van der Waals surface area contributed by atoms with Crippen molar-refractivity contribution in [2.75, 3.05) is 17.2 Å². The normalized spacial score (nSPS) is 12.9. The monoisotopic (exact) mass is 322 g/mol. The summed E-state index contributed by atoms with van der Waals surface area (Å²) in [7, 11) is 0. The van der Waals surface area contributed by atoms with Crippen LogP contribution < -0.4 is 10.6 Å². The van der Waals surface area contributed by atoms with E-state index in [4.69, 9.17) is 0 Å². The van der Waals surface area contributed by atoms with Crippen molar-refractivity contribution in [3.05, 3.63) is 44.6 Å². The van der Waals surface area contributed by atoms with Gasteiger partial charge in [-0.2, -0.15) is 0 Å². The maximum atomic E-state index is 12.0. The first-order valence-corrected chi connectivity index (χ1v) is 7.32. The van der Waals surface area contributed by atoms with Gasteiger partial charge in [-0.3, -0.25) is 4.79 Å². The number of amides is 1. The summed E-state index contributed by atoms with van der Waals surface area (Å²) >= 11 is 4.80. The SMILES string of the molecule is O=C(Nc1ccc2c(c1)CCN2)c1sccc1Br. The summed E-state index contributed by atoms with van der Waals surface area (Å²) in [5.41, 5.74) is 3.28. The standard InChI is InChI=1S/C13H11BrN2OS/c14-10-4-6-18-12(10)13(17)16-9-1-2-11-8(7-9)3-5-15-11/h1-2,4,6-7,15H,3,5H2,(H,16,17). The number of nitrogens with one attached hydrogen (secondary N) is 2. The fourth-order valence-corrected chi connectivity index (χ4v) is 3.47. The van der Waals surface area contributed by atoms with Gasteiger partial charge in [-0.25, -0.2) is 0 Å². The van der Waals surface area contributed by atoms with E-state index in [0.717, 1.165) is 23.1 Å². The van der Waals surface area contributed by atoms with Gasteiger partial charge in [-0.05, 0) is 57.6 Å². The topological polar surface area (TPSA) is 41.1 Å². The van der Waals surface area contributed by atoms with Crippen LogP contribution in [0.5, 0.6) is 0 Å². The zero-order valence-electron chi connectivity index (χ0n) is 9.50. The molecule has 1 aliphatic rings. The van der Waals surface area contributed by atoms with Gasteiger partial charge >= 0.3 is 0 Å². The molecule has 1 aromatic heterocycles. The smallest absolute Gasteiger partial charge is 0.266 e. The average molecular weight is 323 g/mol. The molecule has 2 heterocycles. The summed E-state index contributed by atoms with van der Waals surface area (Å²) in [5.74, 6) is -0.0669. The van der Waals surface area contributed by atoms with Gasteiger partial charge in [0.2, 0.25) is 0 Å². The van der Waals surface area contributed by atoms with Crippen LogP contribution in [-0.4, -0.2) is 12.5 Å². The molecule has 0 radical (unpaired) electrons. The van der Waals surface area contributed by atoms with E-state index in [0.29, 0.717) is 4.88 Å². The van der Waals surface area contributed by atoms with E-state index >= 15 is 0 Å². The van der Waals surface area contributed by atoms with Gasteiger partial charge in [0, 0.05) is 22.4 Å². The van der Waals surface area contributed by atoms with E-state index < -0.39 is 0 Å². The molecule has 5 heteroatoms. The molecule has 18 heavy (non-hydrogen) atoms. The van der Waals surface area contributed by atoms with E-state index in [9.17, 15) is 4.79 Å². The molecule has 0 bridgehead atoms. The van der Waals surface area contributed by atoms with E-state index in [1.165, 1.54) is 22.6 Å². The van der Waals surface area contributed by atoms with Crippen LogP contribution in [0.25, 0.3) is 0 Å². The summed E-state index contributed by atoms with van der Waals surface area (Å²) in [6, 6.07) is 7.86. The summed E-state index contributed by atoms with van der Waals surface area (Å²) in [6.45, 7) is 0.975. The van der Waals surface area contributed by atoms with Crippen LogP contribution in [-0.2, 0) is 6.42 Å². The van der Waals surface area contributed by atoms with Crippen molar-refractivity contribution >= 4 is 44.5 Å². The molecule has 1 aromatic carbocycles. The molecular formula is C13H11BrN2OS. The van der Waals surface area contributed by atoms with Crippen molar-refractivity contribution in [3.63, 3.8) is 0 Å². The van der Waals surface area contributed by atoms with Crippen LogP contribution in [0.3, 0.4) is 0 Å². The van der Waals surface area contributed by atoms with Crippen molar-refractivity contribution in [1.82, 2.24) is 0 Å². The zero-order valence-corrected chi connectivity index (χ0v) is 11.9. The van der Waals surface area contributed by atoms with Crippen molar-refractivity contribution in [1.29, 1.82) is 0 Å². The van der Waals surface area contributed by atoms with Crippen molar-refractivity contribution in [2.45, 2.75) is 6.42 Å². The predicted molar refractivity (Wildman–Crippen MR) is 78.6 cm³/mol. The fourth-order valence-electron chi connectivity index (χ4n) is 2.03. The Morgan fingerprint density at radius 3 is 3.06 bits per heavy atom. The molecule has 0 unspecified atom stereocenters. The Bertz CT molecular complexity index is 609. The van der Waals surface area contributed by atoms with Gasteiger partial charge in [0.1, 0.15) is 4.88 Å². The third-order valence-corrected chi connectivity index (χ3v) is 4.73. The van der Waals surface area contributed by atoms with Gasteiger partial charge in [-0.1, -0.05) is 0 Å². The molecule has 0 fully saturated rings. The summed E-state index contributed by atoms with van der Waals surface area (Å²) in [6.07, 6.45) is 1.02. The van der Waals surface area contributed by atoms with E-state index in [2.05, 4.69) is 26.6 Å². The van der Waals surface area contributed by atoms with Crippen molar-refractivity contribution in [3.8, 4) is 0 Å². The Balaban J connectivity index is 1.81. The third-order valence-electron chi connectivity index (χ3n) is 2.90. The first kappa shape index (κ1) is 11.7. The highest BCUT2D eigenvalue weighted by Crippen LogP contribution is 2.27. The molecule has 0 saturated heterocycles. The van der Waals surface area contributed by atoms with Gasteiger partial charge in [-0.15, -0.1) is 11.3 Å². The van der Waals surface area contributed by atoms with Gasteiger partial charge < -0.3 is 10.6 Å². The maximum Gasteiger partial charge on any atom is 0.266 e. The van der Waals surface area contributed by atoms with Crippen molar-refractivity contribution < 1.29 is 4.79 Å². The number of benzene rings is 1. The highest BCUT2D eigenvalue weighted by atomic mass is 79.9. The molecule has 1 amide bonds. The number of anilines is 2. The number of hydrogen-bond acceptors (Lipinski definition) is 3. The minimum Gasteiger partial charge on any atom is -0.384 e. The molecule has 0 atom stereocenters. The second kappa shape index (κ2) is 4.74. The summed E-state index contributed by atoms with van der Waals surface area (Å²) < 4.78 is 0.841. The Hall–Kier alpha value is -1.33. The Kier molecular flexibility index (Phi) is 3.09. The minimum absolute atomic E-state index is 0.0669. The number of thiophene rings is 1. The molecule has 0 spiro atoms. The van der Waals surface area contributed by atoms with Crippen LogP contribution in [0.15, 0.2) is 34.1 Å². The predicted octanol–water partition coefficient (Wildman–Crippen LogP) is 3.73. The highest BCUT2D eigenvalue weighted by molar-refractivity contribution is 9.10. The second-order valence-electron chi connectivity index (χ2n) is 4.10. The Labute approximate surface area is 117 Å². The lowest BCUT2D eigenvalue weighted by Crippen LogP contribution is -2.10. The lowest BCUT2D eigenvalue weighted by Gasteiger charge is -2.06. The van der Waals surface area contributed by atoms with Crippen molar-refractivity contribution in [2.24, 2.45) is 0 Å². The first-order valence-electron chi connectivity index (χ1n) is 5.65. The van der Waals surface area contributed by atoms with Gasteiger partial charge in [0.05, 0.1) is 0 Å². The van der Waals surface area contributed by atoms with Crippen LogP contribution >= 0.6 is 27.3 Å². The highest BCUT2D eigenvalue weighted by Gasteiger charge is 2.14. The molecule has 92 valence electrons. The van der Waals surface area contributed by atoms with E-state index in [-0.39, 0.29) is 5.91 Å². The molecule has 2 aromatic rings. The molecule has 1 aliphatic heterocycles. The first-order chi connectivity index (χ1) is 8.74. The quantitative estimate of drug-likeness (QED) is 0.884. The summed E-state index contributed by atoms with van der Waals surface area (Å²) in [5, 5.41) is 8.12. The van der Waals surface area contributed by atoms with Crippen LogP contribution in [0, 0.1) is 0 Å².